The van der Waals surface area contributed by atoms with E-state index in [0.717, 1.165) is 12.8 Å². The van der Waals surface area contributed by atoms with Gasteiger partial charge in [0.25, 0.3) is 0 Å². The van der Waals surface area contributed by atoms with Crippen molar-refractivity contribution in [3.05, 3.63) is 108 Å². The average Bonchev–Trinajstić information content (AvgIpc) is 3.31. The molecule has 2 aliphatic rings. The minimum atomic E-state index is 0. The zero-order chi connectivity index (χ0) is 20.9. The molecule has 4 aromatic carbocycles. The molecule has 0 unspecified atom stereocenters. The van der Waals surface area contributed by atoms with Crippen LogP contribution in [0.2, 0.25) is 0 Å². The first kappa shape index (κ1) is 22.5. The number of benzene rings is 4. The van der Waals surface area contributed by atoms with Gasteiger partial charge in [0.15, 0.2) is 5.71 Å². The second-order valence-electron chi connectivity index (χ2n) is 8.57. The summed E-state index contributed by atoms with van der Waals surface area (Å²) in [5, 5.41) is 5.28. The van der Waals surface area contributed by atoms with Gasteiger partial charge in [-0.05, 0) is 28.5 Å². The third-order valence-corrected chi connectivity index (χ3v) is 6.82. The number of allylic oxidation sites excluding steroid dienone is 4. The Kier molecular flexibility index (Phi) is 5.95. The highest BCUT2D eigenvalue weighted by atomic mass is 15.1. The van der Waals surface area contributed by atoms with Crippen molar-refractivity contribution in [3.63, 3.8) is 0 Å². The molecule has 0 aliphatic carbocycles. The molecule has 0 saturated heterocycles. The molecule has 0 fully saturated rings. The van der Waals surface area contributed by atoms with E-state index in [2.05, 4.69) is 115 Å². The van der Waals surface area contributed by atoms with Crippen LogP contribution in [0.1, 0.15) is 26.0 Å². The van der Waals surface area contributed by atoms with E-state index in [-0.39, 0.29) is 14.9 Å². The Bertz CT molecular complexity index is 1450. The molecular weight excluding hydrogens is 400 g/mol. The first-order chi connectivity index (χ1) is 15.2. The monoisotopic (exact) mass is 433 g/mol. The normalized spacial score (nSPS) is 15.8. The predicted octanol–water partition coefficient (Wildman–Crippen LogP) is 7.67. The summed E-state index contributed by atoms with van der Waals surface area (Å²) >= 11 is 0. The minimum Gasteiger partial charge on any atom is -0.347 e. The molecule has 2 aliphatic heterocycles. The van der Waals surface area contributed by atoms with E-state index in [4.69, 9.17) is 0 Å². The topological polar surface area (TPSA) is 6.25 Å². The fourth-order valence-corrected chi connectivity index (χ4v) is 5.20. The number of rotatable bonds is 2. The second kappa shape index (κ2) is 8.71. The quantitative estimate of drug-likeness (QED) is 0.294. The number of nitrogens with zero attached hydrogens (tertiary/aromatic N) is 2. The molecule has 0 radical (unpaired) electrons. The smallest absolute Gasteiger partial charge is 0.216 e. The molecule has 0 aromatic heterocycles. The molecule has 0 amide bonds. The SMILES string of the molecule is C.C.CN1C(=CC=CC2=[N+](C)c3c(ccc4ccccc34)C2)Cc2ccc3ccccc3c21. The third kappa shape index (κ3) is 3.56. The number of hydrogen-bond donors (Lipinski definition) is 0. The summed E-state index contributed by atoms with van der Waals surface area (Å²) in [4.78, 5) is 2.35. The maximum absolute atomic E-state index is 2.35. The molecule has 2 heterocycles. The highest BCUT2D eigenvalue weighted by Crippen LogP contribution is 2.39. The van der Waals surface area contributed by atoms with E-state index >= 15 is 0 Å². The Morgan fingerprint density at radius 3 is 2.15 bits per heavy atom. The maximum atomic E-state index is 2.35. The molecular formula is C31H33N2+. The van der Waals surface area contributed by atoms with Gasteiger partial charge in [0.1, 0.15) is 7.05 Å². The first-order valence-electron chi connectivity index (χ1n) is 10.9. The van der Waals surface area contributed by atoms with Crippen LogP contribution in [-0.4, -0.2) is 24.4 Å². The van der Waals surface area contributed by atoms with Gasteiger partial charge < -0.3 is 4.90 Å². The summed E-state index contributed by atoms with van der Waals surface area (Å²) in [6.07, 6.45) is 8.74. The van der Waals surface area contributed by atoms with Crippen LogP contribution in [0, 0.1) is 0 Å². The van der Waals surface area contributed by atoms with E-state index < -0.39 is 0 Å². The van der Waals surface area contributed by atoms with Crippen LogP contribution in [0.5, 0.6) is 0 Å². The van der Waals surface area contributed by atoms with Gasteiger partial charge in [-0.2, -0.15) is 4.58 Å². The standard InChI is InChI=1S/C29H25N2.2CH4/c1-30-24(18-22-16-14-20-8-3-5-12-26(20)28(22)30)10-7-11-25-19-23-17-15-21-9-4-6-13-27(21)29(23)31(25)2;;/h3-17H,18-19H2,1-2H3;2*1H4/q+1;;. The fraction of sp³-hybridized carbons (Fsp3) is 0.194. The molecule has 0 N–H and O–H groups in total. The Labute approximate surface area is 197 Å². The maximum Gasteiger partial charge on any atom is 0.216 e. The number of anilines is 1. The van der Waals surface area contributed by atoms with Crippen molar-refractivity contribution < 1.29 is 4.58 Å². The molecule has 6 rings (SSSR count). The molecule has 4 aromatic rings. The van der Waals surface area contributed by atoms with Gasteiger partial charge in [-0.15, -0.1) is 0 Å². The van der Waals surface area contributed by atoms with Gasteiger partial charge in [0.2, 0.25) is 5.69 Å². The van der Waals surface area contributed by atoms with E-state index in [1.54, 1.807) is 0 Å². The van der Waals surface area contributed by atoms with Gasteiger partial charge >= 0.3 is 0 Å². The lowest BCUT2D eigenvalue weighted by molar-refractivity contribution is -0.399. The van der Waals surface area contributed by atoms with E-state index in [1.165, 1.54) is 55.5 Å². The van der Waals surface area contributed by atoms with Crippen LogP contribution in [0.4, 0.5) is 11.4 Å². The van der Waals surface area contributed by atoms with Gasteiger partial charge in [0, 0.05) is 36.2 Å². The highest BCUT2D eigenvalue weighted by molar-refractivity contribution is 6.02. The zero-order valence-electron chi connectivity index (χ0n) is 18.0. The van der Waals surface area contributed by atoms with Crippen LogP contribution in [-0.2, 0) is 12.8 Å². The van der Waals surface area contributed by atoms with Crippen molar-refractivity contribution in [3.8, 4) is 0 Å². The van der Waals surface area contributed by atoms with Crippen molar-refractivity contribution in [2.75, 3.05) is 19.0 Å². The Morgan fingerprint density at radius 2 is 1.39 bits per heavy atom. The van der Waals surface area contributed by atoms with Crippen LogP contribution in [0.15, 0.2) is 96.7 Å². The second-order valence-corrected chi connectivity index (χ2v) is 8.57. The molecule has 166 valence electrons. The summed E-state index contributed by atoms with van der Waals surface area (Å²) in [5.41, 5.74) is 8.19. The molecule has 0 saturated carbocycles. The minimum absolute atomic E-state index is 0. The first-order valence-corrected chi connectivity index (χ1v) is 10.9. The summed E-state index contributed by atoms with van der Waals surface area (Å²) in [5.74, 6) is 0. The van der Waals surface area contributed by atoms with Gasteiger partial charge in [-0.25, -0.2) is 0 Å². The van der Waals surface area contributed by atoms with Gasteiger partial charge in [-0.1, -0.05) is 87.7 Å². The molecule has 33 heavy (non-hydrogen) atoms. The summed E-state index contributed by atoms with van der Waals surface area (Å²) < 4.78 is 2.35. The lowest BCUT2D eigenvalue weighted by Crippen LogP contribution is -2.11. The lowest BCUT2D eigenvalue weighted by atomic mass is 10.0. The Balaban J connectivity index is 0.00000130. The zero-order valence-corrected chi connectivity index (χ0v) is 18.0. The van der Waals surface area contributed by atoms with E-state index in [1.807, 2.05) is 0 Å². The van der Waals surface area contributed by atoms with Crippen LogP contribution in [0.3, 0.4) is 0 Å². The van der Waals surface area contributed by atoms with Crippen LogP contribution < -0.4 is 4.90 Å². The summed E-state index contributed by atoms with van der Waals surface area (Å²) in [6, 6.07) is 26.4. The number of hydrogen-bond acceptors (Lipinski definition) is 1. The van der Waals surface area contributed by atoms with Gasteiger partial charge in [0.05, 0.1) is 17.5 Å². The number of fused-ring (bicyclic) bond motifs is 6. The molecule has 0 bridgehead atoms. The Hall–Kier alpha value is -3.65. The summed E-state index contributed by atoms with van der Waals surface area (Å²) in [7, 11) is 4.38. The molecule has 2 heteroatoms. The van der Waals surface area contributed by atoms with Crippen molar-refractivity contribution >= 4 is 38.6 Å². The molecule has 0 spiro atoms. The van der Waals surface area contributed by atoms with Crippen molar-refractivity contribution in [2.45, 2.75) is 27.7 Å². The third-order valence-electron chi connectivity index (χ3n) is 6.82. The molecule has 0 atom stereocenters. The average molecular weight is 434 g/mol. The van der Waals surface area contributed by atoms with Crippen molar-refractivity contribution in [2.24, 2.45) is 0 Å². The van der Waals surface area contributed by atoms with Crippen LogP contribution in [0.25, 0.3) is 21.5 Å². The Morgan fingerprint density at radius 1 is 0.758 bits per heavy atom. The van der Waals surface area contributed by atoms with Gasteiger partial charge in [-0.3, -0.25) is 0 Å². The van der Waals surface area contributed by atoms with Crippen molar-refractivity contribution in [1.82, 2.24) is 0 Å². The fourth-order valence-electron chi connectivity index (χ4n) is 5.20. The summed E-state index contributed by atoms with van der Waals surface area (Å²) in [6.45, 7) is 0. The number of likely N-dealkylation sites (N-methyl/N-ethyl adjacent to an activating group) is 1. The largest absolute Gasteiger partial charge is 0.347 e. The predicted molar refractivity (Wildman–Crippen MR) is 145 cm³/mol. The van der Waals surface area contributed by atoms with E-state index in [9.17, 15) is 0 Å². The van der Waals surface area contributed by atoms with Crippen molar-refractivity contribution in [1.29, 1.82) is 0 Å². The molecule has 2 nitrogen and oxygen atoms in total. The van der Waals surface area contributed by atoms with Crippen LogP contribution >= 0.6 is 0 Å². The van der Waals surface area contributed by atoms with E-state index in [0.29, 0.717) is 0 Å². The lowest BCUT2D eigenvalue weighted by Gasteiger charge is -2.16. The highest BCUT2D eigenvalue weighted by Gasteiger charge is 2.27.